The van der Waals surface area contributed by atoms with E-state index >= 15 is 0 Å². The molecule has 0 saturated carbocycles. The van der Waals surface area contributed by atoms with Crippen molar-refractivity contribution in [2.45, 2.75) is 51.2 Å². The van der Waals surface area contributed by atoms with Crippen molar-refractivity contribution in [2.75, 3.05) is 13.2 Å². The largest absolute Gasteiger partial charge is 0.444 e. The first-order valence-electron chi connectivity index (χ1n) is 10.5. The van der Waals surface area contributed by atoms with Gasteiger partial charge >= 0.3 is 6.09 Å². The van der Waals surface area contributed by atoms with Crippen LogP contribution in [-0.4, -0.2) is 55.6 Å². The minimum atomic E-state index is -3.90. The maximum absolute atomic E-state index is 12.5. The summed E-state index contributed by atoms with van der Waals surface area (Å²) in [6.45, 7) is 7.59. The first-order chi connectivity index (χ1) is 15.4. The molecule has 0 spiro atoms. The van der Waals surface area contributed by atoms with E-state index in [9.17, 15) is 13.2 Å². The Bertz CT molecular complexity index is 1230. The van der Waals surface area contributed by atoms with Crippen molar-refractivity contribution >= 4 is 40.7 Å². The first kappa shape index (κ1) is 24.7. The van der Waals surface area contributed by atoms with E-state index < -0.39 is 21.8 Å². The summed E-state index contributed by atoms with van der Waals surface area (Å²) in [6, 6.07) is 8.13. The zero-order valence-corrected chi connectivity index (χ0v) is 20.0. The van der Waals surface area contributed by atoms with Crippen molar-refractivity contribution < 1.29 is 22.1 Å². The van der Waals surface area contributed by atoms with Gasteiger partial charge in [0, 0.05) is 19.2 Å². The lowest BCUT2D eigenvalue weighted by Crippen LogP contribution is -2.33. The van der Waals surface area contributed by atoms with Gasteiger partial charge in [-0.3, -0.25) is 4.18 Å². The fourth-order valence-corrected chi connectivity index (χ4v) is 4.00. The minimum Gasteiger partial charge on any atom is -0.444 e. The van der Waals surface area contributed by atoms with Gasteiger partial charge in [0.05, 0.1) is 18.0 Å². The van der Waals surface area contributed by atoms with Crippen LogP contribution in [0.3, 0.4) is 0 Å². The highest BCUT2D eigenvalue weighted by molar-refractivity contribution is 7.86. The number of ether oxygens (including phenoxy) is 1. The third-order valence-corrected chi connectivity index (χ3v) is 5.89. The molecule has 0 bridgehead atoms. The van der Waals surface area contributed by atoms with Crippen molar-refractivity contribution in [1.29, 1.82) is 0 Å². The lowest BCUT2D eigenvalue weighted by Gasteiger charge is -2.19. The number of aryl methyl sites for hydroxylation is 1. The molecule has 11 heteroatoms. The van der Waals surface area contributed by atoms with Crippen LogP contribution >= 0.6 is 0 Å². The van der Waals surface area contributed by atoms with Gasteiger partial charge in [0.15, 0.2) is 5.65 Å². The molecular formula is C22H27BN4O5S. The van der Waals surface area contributed by atoms with Crippen molar-refractivity contribution in [3.05, 3.63) is 47.9 Å². The fraction of sp³-hybridized carbons (Fsp3) is 0.409. The van der Waals surface area contributed by atoms with Gasteiger partial charge in [0.2, 0.25) is 0 Å². The maximum atomic E-state index is 12.5. The number of nitrogens with one attached hydrogen (secondary N) is 1. The number of amides is 1. The van der Waals surface area contributed by atoms with E-state index in [0.29, 0.717) is 28.9 Å². The van der Waals surface area contributed by atoms with E-state index in [1.165, 1.54) is 18.3 Å². The normalized spacial score (nSPS) is 12.1. The fourth-order valence-electron chi connectivity index (χ4n) is 3.10. The van der Waals surface area contributed by atoms with Crippen molar-refractivity contribution in [3.8, 4) is 0 Å². The molecule has 0 fully saturated rings. The number of fused-ring (bicyclic) bond motifs is 1. The lowest BCUT2D eigenvalue weighted by atomic mass is 9.99. The average Bonchev–Trinajstić information content (AvgIpc) is 3.03. The van der Waals surface area contributed by atoms with Gasteiger partial charge in [0.1, 0.15) is 24.8 Å². The third kappa shape index (κ3) is 6.78. The molecule has 0 aliphatic carbocycles. The minimum absolute atomic E-state index is 0.0938. The number of carbonyl (C=O) groups excluding carboxylic acids is 1. The summed E-state index contributed by atoms with van der Waals surface area (Å²) in [5.41, 5.74) is 1.94. The Morgan fingerprint density at radius 1 is 1.21 bits per heavy atom. The van der Waals surface area contributed by atoms with E-state index in [0.717, 1.165) is 5.56 Å². The van der Waals surface area contributed by atoms with E-state index in [2.05, 4.69) is 15.3 Å². The van der Waals surface area contributed by atoms with Gasteiger partial charge in [-0.25, -0.2) is 14.8 Å². The predicted octanol–water partition coefficient (Wildman–Crippen LogP) is 2.01. The SMILES string of the molecule is [B]c1cnc2c(c1)nc(CCNC(=O)OC(C)(C)C)n2CCOS(=O)(=O)c1ccc(C)cc1. The Morgan fingerprint density at radius 3 is 2.58 bits per heavy atom. The van der Waals surface area contributed by atoms with E-state index in [4.69, 9.17) is 16.8 Å². The molecule has 1 aromatic carbocycles. The second-order valence-corrected chi connectivity index (χ2v) is 10.2. The summed E-state index contributed by atoms with van der Waals surface area (Å²) in [4.78, 5) is 20.9. The number of aromatic nitrogens is 3. The number of pyridine rings is 1. The Labute approximate surface area is 195 Å². The van der Waals surface area contributed by atoms with Crippen LogP contribution in [0.25, 0.3) is 11.2 Å². The summed E-state index contributed by atoms with van der Waals surface area (Å²) in [5, 5.41) is 2.69. The molecule has 0 aliphatic heterocycles. The highest BCUT2D eigenvalue weighted by Crippen LogP contribution is 2.16. The van der Waals surface area contributed by atoms with Gasteiger partial charge in [-0.2, -0.15) is 8.42 Å². The number of benzene rings is 1. The number of imidazole rings is 1. The zero-order valence-electron chi connectivity index (χ0n) is 19.2. The average molecular weight is 470 g/mol. The smallest absolute Gasteiger partial charge is 0.407 e. The van der Waals surface area contributed by atoms with Crippen LogP contribution in [0.15, 0.2) is 41.4 Å². The van der Waals surface area contributed by atoms with Gasteiger partial charge < -0.3 is 14.6 Å². The van der Waals surface area contributed by atoms with Crippen LogP contribution in [-0.2, 0) is 32.0 Å². The van der Waals surface area contributed by atoms with E-state index in [-0.39, 0.29) is 24.6 Å². The molecule has 1 N–H and O–H groups in total. The number of carbonyl (C=O) groups is 1. The number of alkyl carbamates (subject to hydrolysis) is 1. The standard InChI is InChI=1S/C22H27BN4O5S/c1-15-5-7-17(8-6-15)33(29,30)31-12-11-27-19(9-10-24-21(28)32-22(2,3)4)26-18-13-16(23)14-25-20(18)27/h5-8,13-14H,9-12H2,1-4H3,(H,24,28). The molecule has 1 amide bonds. The lowest BCUT2D eigenvalue weighted by molar-refractivity contribution is 0.0528. The highest BCUT2D eigenvalue weighted by atomic mass is 32.2. The number of nitrogens with zero attached hydrogens (tertiary/aromatic N) is 3. The number of hydrogen-bond donors (Lipinski definition) is 1. The summed E-state index contributed by atoms with van der Waals surface area (Å²) in [7, 11) is 1.93. The molecule has 9 nitrogen and oxygen atoms in total. The first-order valence-corrected chi connectivity index (χ1v) is 11.9. The predicted molar refractivity (Wildman–Crippen MR) is 125 cm³/mol. The summed E-state index contributed by atoms with van der Waals surface area (Å²) >= 11 is 0. The zero-order chi connectivity index (χ0) is 24.2. The maximum Gasteiger partial charge on any atom is 0.407 e. The monoisotopic (exact) mass is 470 g/mol. The molecule has 0 unspecified atom stereocenters. The molecule has 2 heterocycles. The van der Waals surface area contributed by atoms with Gasteiger partial charge in [-0.05, 0) is 45.9 Å². The van der Waals surface area contributed by atoms with Crippen LogP contribution in [0.2, 0.25) is 0 Å². The topological polar surface area (TPSA) is 112 Å². The molecule has 3 aromatic rings. The molecule has 3 rings (SSSR count). The summed E-state index contributed by atoms with van der Waals surface area (Å²) < 4.78 is 37.2. The van der Waals surface area contributed by atoms with Gasteiger partial charge in [-0.1, -0.05) is 23.2 Å². The molecular weight excluding hydrogens is 443 g/mol. The second kappa shape index (κ2) is 9.92. The summed E-state index contributed by atoms with van der Waals surface area (Å²) in [6.07, 6.45) is 1.35. The van der Waals surface area contributed by atoms with Crippen molar-refractivity contribution in [2.24, 2.45) is 0 Å². The van der Waals surface area contributed by atoms with Crippen LogP contribution in [0.4, 0.5) is 4.79 Å². The molecule has 0 saturated heterocycles. The van der Waals surface area contributed by atoms with Gasteiger partial charge in [-0.15, -0.1) is 0 Å². The number of rotatable bonds is 8. The van der Waals surface area contributed by atoms with Crippen LogP contribution < -0.4 is 10.8 Å². The molecule has 0 aliphatic rings. The Balaban J connectivity index is 1.71. The van der Waals surface area contributed by atoms with E-state index in [1.54, 1.807) is 43.5 Å². The second-order valence-electron chi connectivity index (χ2n) is 8.56. The molecule has 33 heavy (non-hydrogen) atoms. The molecule has 0 atom stereocenters. The van der Waals surface area contributed by atoms with Crippen LogP contribution in [0.5, 0.6) is 0 Å². The molecule has 2 aromatic heterocycles. The Hall–Kier alpha value is -2.92. The Morgan fingerprint density at radius 2 is 1.91 bits per heavy atom. The van der Waals surface area contributed by atoms with E-state index in [1.807, 2.05) is 6.92 Å². The number of hydrogen-bond acceptors (Lipinski definition) is 7. The molecule has 2 radical (unpaired) electrons. The van der Waals surface area contributed by atoms with Crippen molar-refractivity contribution in [1.82, 2.24) is 19.9 Å². The van der Waals surface area contributed by atoms with Crippen LogP contribution in [0.1, 0.15) is 32.2 Å². The van der Waals surface area contributed by atoms with Crippen molar-refractivity contribution in [3.63, 3.8) is 0 Å². The quantitative estimate of drug-likeness (QED) is 0.396. The third-order valence-electron chi connectivity index (χ3n) is 4.57. The molecule has 174 valence electrons. The van der Waals surface area contributed by atoms with Gasteiger partial charge in [0.25, 0.3) is 10.1 Å². The summed E-state index contributed by atoms with van der Waals surface area (Å²) in [5.74, 6) is 0.607. The highest BCUT2D eigenvalue weighted by Gasteiger charge is 2.18. The van der Waals surface area contributed by atoms with Crippen LogP contribution in [0, 0.1) is 6.92 Å². The Kier molecular flexibility index (Phi) is 7.43.